The molecule has 3 N–H and O–H groups in total. The fourth-order valence-electron chi connectivity index (χ4n) is 3.26. The molecule has 2 aromatic rings. The van der Waals surface area contributed by atoms with Crippen LogP contribution in [0.1, 0.15) is 24.9 Å². The van der Waals surface area contributed by atoms with Gasteiger partial charge in [-0.1, -0.05) is 19.1 Å². The minimum absolute atomic E-state index is 0.0878. The monoisotopic (exact) mass is 436 g/mol. The lowest BCUT2D eigenvalue weighted by molar-refractivity contribution is -0.122. The number of methoxy groups -OCH3 is 1. The molecule has 0 saturated carbocycles. The van der Waals surface area contributed by atoms with Crippen LogP contribution < -0.4 is 20.9 Å². The van der Waals surface area contributed by atoms with Crippen molar-refractivity contribution in [3.8, 4) is 5.75 Å². The van der Waals surface area contributed by atoms with Crippen LogP contribution in [0.2, 0.25) is 0 Å². The van der Waals surface area contributed by atoms with E-state index in [1.807, 2.05) is 0 Å². The van der Waals surface area contributed by atoms with Gasteiger partial charge in [0, 0.05) is 19.0 Å². The number of benzene rings is 2. The summed E-state index contributed by atoms with van der Waals surface area (Å²) in [6, 6.07) is 12.1. The summed E-state index contributed by atoms with van der Waals surface area (Å²) in [5, 5.41) is 2.77. The van der Waals surface area contributed by atoms with Gasteiger partial charge in [0.15, 0.2) is 0 Å². The zero-order chi connectivity index (χ0) is 21.7. The summed E-state index contributed by atoms with van der Waals surface area (Å²) in [5.74, 6) is -0.223. The standard InChI is InChI=1S/C20H25FN4O4S/c1-3-25(30(27,28)17-9-7-16(29-2)8-10-17)13-20(26)22-19-12-18(23-24-19)14-5-4-6-15(21)11-14/h4-11,18-19,23-24H,3,12-13H2,1-2H3,(H,22,26). The summed E-state index contributed by atoms with van der Waals surface area (Å²) in [6.45, 7) is 1.50. The highest BCUT2D eigenvalue weighted by atomic mass is 32.2. The Hall–Kier alpha value is -2.53. The molecule has 1 aliphatic heterocycles. The SMILES string of the molecule is CCN(CC(=O)NC1CC(c2cccc(F)c2)NN1)S(=O)(=O)c1ccc(OC)cc1. The molecular weight excluding hydrogens is 411 g/mol. The van der Waals surface area contributed by atoms with Crippen LogP contribution >= 0.6 is 0 Å². The van der Waals surface area contributed by atoms with Crippen molar-refractivity contribution in [1.29, 1.82) is 0 Å². The number of rotatable bonds is 8. The van der Waals surface area contributed by atoms with E-state index in [1.54, 1.807) is 31.2 Å². The number of hydrogen-bond acceptors (Lipinski definition) is 6. The van der Waals surface area contributed by atoms with E-state index in [2.05, 4.69) is 16.2 Å². The number of carbonyl (C=O) groups excluding carboxylic acids is 1. The minimum Gasteiger partial charge on any atom is -0.497 e. The van der Waals surface area contributed by atoms with Crippen molar-refractivity contribution >= 4 is 15.9 Å². The Balaban J connectivity index is 1.60. The van der Waals surface area contributed by atoms with E-state index in [0.717, 1.165) is 9.87 Å². The molecule has 1 amide bonds. The van der Waals surface area contributed by atoms with E-state index in [0.29, 0.717) is 12.2 Å². The Morgan fingerprint density at radius 3 is 2.60 bits per heavy atom. The molecule has 0 spiro atoms. The van der Waals surface area contributed by atoms with Gasteiger partial charge in [0.2, 0.25) is 15.9 Å². The molecule has 2 aromatic carbocycles. The second-order valence-electron chi connectivity index (χ2n) is 6.86. The van der Waals surface area contributed by atoms with Crippen molar-refractivity contribution in [3.63, 3.8) is 0 Å². The third kappa shape index (κ3) is 5.14. The number of nitrogens with one attached hydrogen (secondary N) is 3. The first-order chi connectivity index (χ1) is 14.3. The van der Waals surface area contributed by atoms with Gasteiger partial charge in [-0.05, 0) is 42.0 Å². The van der Waals surface area contributed by atoms with Crippen LogP contribution in [0, 0.1) is 5.82 Å². The molecule has 1 saturated heterocycles. The molecule has 1 aliphatic rings. The molecule has 2 atom stereocenters. The van der Waals surface area contributed by atoms with Gasteiger partial charge in [-0.25, -0.2) is 23.7 Å². The predicted octanol–water partition coefficient (Wildman–Crippen LogP) is 1.53. The quantitative estimate of drug-likeness (QED) is 0.580. The van der Waals surface area contributed by atoms with Gasteiger partial charge in [0.05, 0.1) is 24.7 Å². The van der Waals surface area contributed by atoms with Crippen LogP contribution in [0.5, 0.6) is 5.75 Å². The summed E-state index contributed by atoms with van der Waals surface area (Å²) in [7, 11) is -2.33. The van der Waals surface area contributed by atoms with Crippen LogP contribution in [0.4, 0.5) is 4.39 Å². The molecule has 2 unspecified atom stereocenters. The number of carbonyl (C=O) groups is 1. The first-order valence-electron chi connectivity index (χ1n) is 9.53. The maximum Gasteiger partial charge on any atom is 0.243 e. The fourth-order valence-corrected chi connectivity index (χ4v) is 4.66. The lowest BCUT2D eigenvalue weighted by Gasteiger charge is -2.21. The Morgan fingerprint density at radius 1 is 1.23 bits per heavy atom. The van der Waals surface area contributed by atoms with Crippen molar-refractivity contribution in [3.05, 3.63) is 59.9 Å². The zero-order valence-electron chi connectivity index (χ0n) is 16.8. The molecule has 1 fully saturated rings. The highest BCUT2D eigenvalue weighted by Crippen LogP contribution is 2.22. The number of ether oxygens (including phenoxy) is 1. The van der Waals surface area contributed by atoms with Gasteiger partial charge in [-0.15, -0.1) is 0 Å². The number of nitrogens with zero attached hydrogens (tertiary/aromatic N) is 1. The average Bonchev–Trinajstić information content (AvgIpc) is 3.20. The molecule has 3 rings (SSSR count). The fraction of sp³-hybridized carbons (Fsp3) is 0.350. The molecular formula is C20H25FN4O4S. The number of sulfonamides is 1. The molecule has 8 nitrogen and oxygen atoms in total. The normalized spacial score (nSPS) is 19.1. The predicted molar refractivity (Wildman–Crippen MR) is 109 cm³/mol. The number of amides is 1. The number of hydrazine groups is 1. The van der Waals surface area contributed by atoms with Crippen LogP contribution in [-0.2, 0) is 14.8 Å². The Labute approximate surface area is 175 Å². The molecule has 162 valence electrons. The van der Waals surface area contributed by atoms with Gasteiger partial charge in [0.25, 0.3) is 0 Å². The van der Waals surface area contributed by atoms with Gasteiger partial charge >= 0.3 is 0 Å². The van der Waals surface area contributed by atoms with E-state index in [9.17, 15) is 17.6 Å². The molecule has 1 heterocycles. The highest BCUT2D eigenvalue weighted by Gasteiger charge is 2.29. The second-order valence-corrected chi connectivity index (χ2v) is 8.80. The molecule has 0 aliphatic carbocycles. The van der Waals surface area contributed by atoms with Gasteiger partial charge < -0.3 is 10.1 Å². The number of hydrogen-bond donors (Lipinski definition) is 3. The van der Waals surface area contributed by atoms with E-state index in [1.165, 1.54) is 31.4 Å². The summed E-state index contributed by atoms with van der Waals surface area (Å²) >= 11 is 0. The molecule has 0 bridgehead atoms. The van der Waals surface area contributed by atoms with E-state index in [-0.39, 0.29) is 29.8 Å². The van der Waals surface area contributed by atoms with Crippen LogP contribution in [0.25, 0.3) is 0 Å². The highest BCUT2D eigenvalue weighted by molar-refractivity contribution is 7.89. The zero-order valence-corrected chi connectivity index (χ0v) is 17.6. The molecule has 10 heteroatoms. The topological polar surface area (TPSA) is 99.8 Å². The first kappa shape index (κ1) is 22.2. The maximum absolute atomic E-state index is 13.4. The van der Waals surface area contributed by atoms with E-state index >= 15 is 0 Å². The summed E-state index contributed by atoms with van der Waals surface area (Å²) in [4.78, 5) is 12.6. The Kier molecular flexibility index (Phi) is 7.03. The third-order valence-electron chi connectivity index (χ3n) is 4.86. The maximum atomic E-state index is 13.4. The van der Waals surface area contributed by atoms with Crippen LogP contribution in [0.15, 0.2) is 53.4 Å². The van der Waals surface area contributed by atoms with Gasteiger partial charge in [-0.3, -0.25) is 4.79 Å². The lowest BCUT2D eigenvalue weighted by atomic mass is 10.0. The van der Waals surface area contributed by atoms with Crippen molar-refractivity contribution in [2.45, 2.75) is 30.4 Å². The van der Waals surface area contributed by atoms with Crippen LogP contribution in [-0.4, -0.2) is 45.0 Å². The van der Waals surface area contributed by atoms with Gasteiger partial charge in [-0.2, -0.15) is 4.31 Å². The summed E-state index contributed by atoms with van der Waals surface area (Å²) in [5.41, 5.74) is 6.72. The molecule has 0 aromatic heterocycles. The Bertz CT molecular complexity index is 985. The minimum atomic E-state index is -3.82. The Morgan fingerprint density at radius 2 is 1.97 bits per heavy atom. The first-order valence-corrected chi connectivity index (χ1v) is 11.0. The van der Waals surface area contributed by atoms with Crippen molar-refractivity contribution in [2.24, 2.45) is 0 Å². The largest absolute Gasteiger partial charge is 0.497 e. The van der Waals surface area contributed by atoms with E-state index in [4.69, 9.17) is 4.74 Å². The smallest absolute Gasteiger partial charge is 0.243 e. The van der Waals surface area contributed by atoms with Gasteiger partial charge in [0.1, 0.15) is 11.6 Å². The average molecular weight is 437 g/mol. The summed E-state index contributed by atoms with van der Waals surface area (Å²) in [6.07, 6.45) is 0.0835. The van der Waals surface area contributed by atoms with Crippen molar-refractivity contribution < 1.29 is 22.3 Å². The van der Waals surface area contributed by atoms with Crippen LogP contribution in [0.3, 0.4) is 0 Å². The number of halogens is 1. The van der Waals surface area contributed by atoms with Crippen molar-refractivity contribution in [1.82, 2.24) is 20.5 Å². The van der Waals surface area contributed by atoms with E-state index < -0.39 is 22.1 Å². The van der Waals surface area contributed by atoms with Crippen molar-refractivity contribution in [2.75, 3.05) is 20.2 Å². The summed E-state index contributed by atoms with van der Waals surface area (Å²) < 4.78 is 45.3. The second kappa shape index (κ2) is 9.52. The molecule has 30 heavy (non-hydrogen) atoms. The molecule has 0 radical (unpaired) electrons. The third-order valence-corrected chi connectivity index (χ3v) is 6.79. The number of likely N-dealkylation sites (N-methyl/N-ethyl adjacent to an activating group) is 1. The lowest BCUT2D eigenvalue weighted by Crippen LogP contribution is -2.48.